The highest BCUT2D eigenvalue weighted by Crippen LogP contribution is 2.20. The van der Waals surface area contributed by atoms with Crippen molar-refractivity contribution in [3.8, 4) is 0 Å². The number of benzene rings is 1. The van der Waals surface area contributed by atoms with Crippen LogP contribution in [0.5, 0.6) is 0 Å². The fourth-order valence-corrected chi connectivity index (χ4v) is 4.14. The molecule has 1 aromatic carbocycles. The van der Waals surface area contributed by atoms with E-state index in [1.54, 1.807) is 9.80 Å². The number of hydrogen-bond acceptors (Lipinski definition) is 7. The van der Waals surface area contributed by atoms with Gasteiger partial charge in [-0.1, -0.05) is 35.4 Å². The third-order valence-corrected chi connectivity index (χ3v) is 6.19. The van der Waals surface area contributed by atoms with Gasteiger partial charge in [-0.3, -0.25) is 4.90 Å². The lowest BCUT2D eigenvalue weighted by Gasteiger charge is -2.44. The Labute approximate surface area is 212 Å². The average molecular weight is 503 g/mol. The van der Waals surface area contributed by atoms with E-state index in [0.29, 0.717) is 32.8 Å². The first kappa shape index (κ1) is 27.6. The SMILES string of the molecule is CC(C)(C)OC(=O)N1CC(N(CCOCCN2CCC(N=[N+]=[N-])CC2)C(=O)OCc2ccccc2)C1. The van der Waals surface area contributed by atoms with Crippen LogP contribution in [0.1, 0.15) is 39.2 Å². The summed E-state index contributed by atoms with van der Waals surface area (Å²) in [5, 5.41) is 3.80. The van der Waals surface area contributed by atoms with Crippen molar-refractivity contribution in [2.75, 3.05) is 52.5 Å². The van der Waals surface area contributed by atoms with Crippen LogP contribution >= 0.6 is 0 Å². The second-order valence-corrected chi connectivity index (χ2v) is 10.2. The molecule has 0 N–H and O–H groups in total. The Kier molecular flexibility index (Phi) is 10.2. The van der Waals surface area contributed by atoms with Gasteiger partial charge in [0.15, 0.2) is 0 Å². The van der Waals surface area contributed by atoms with Gasteiger partial charge in [-0.25, -0.2) is 9.59 Å². The number of carbonyl (C=O) groups is 2. The molecule has 0 aromatic heterocycles. The van der Waals surface area contributed by atoms with Gasteiger partial charge in [0.25, 0.3) is 0 Å². The molecule has 36 heavy (non-hydrogen) atoms. The quantitative estimate of drug-likeness (QED) is 0.206. The molecule has 11 nitrogen and oxygen atoms in total. The second-order valence-electron chi connectivity index (χ2n) is 10.2. The highest BCUT2D eigenvalue weighted by Gasteiger charge is 2.39. The van der Waals surface area contributed by atoms with E-state index in [9.17, 15) is 9.59 Å². The number of rotatable bonds is 10. The zero-order valence-corrected chi connectivity index (χ0v) is 21.5. The highest BCUT2D eigenvalue weighted by atomic mass is 16.6. The lowest BCUT2D eigenvalue weighted by Crippen LogP contribution is -2.63. The van der Waals surface area contributed by atoms with Gasteiger partial charge in [-0.05, 0) is 57.8 Å². The number of hydrogen-bond donors (Lipinski definition) is 0. The zero-order chi connectivity index (χ0) is 26.0. The Morgan fingerprint density at radius 3 is 2.47 bits per heavy atom. The van der Waals surface area contributed by atoms with Crippen molar-refractivity contribution in [3.05, 3.63) is 46.3 Å². The number of nitrogens with zero attached hydrogens (tertiary/aromatic N) is 6. The summed E-state index contributed by atoms with van der Waals surface area (Å²) < 4.78 is 16.8. The van der Waals surface area contributed by atoms with Crippen LogP contribution < -0.4 is 0 Å². The highest BCUT2D eigenvalue weighted by molar-refractivity contribution is 5.71. The van der Waals surface area contributed by atoms with Crippen LogP contribution in [-0.4, -0.2) is 97.1 Å². The standard InChI is InChI=1S/C25H38N6O5/c1-25(2,3)36-23(32)30-17-22(18-30)31(24(33)35-19-20-7-5-4-6-8-20)14-16-34-15-13-29-11-9-21(10-12-29)27-28-26/h4-8,21-22H,9-19H2,1-3H3. The van der Waals surface area contributed by atoms with Crippen molar-refractivity contribution in [3.63, 3.8) is 0 Å². The molecule has 2 saturated heterocycles. The molecule has 0 spiro atoms. The van der Waals surface area contributed by atoms with Crippen LogP contribution in [0.25, 0.3) is 10.4 Å². The van der Waals surface area contributed by atoms with Gasteiger partial charge in [0.2, 0.25) is 0 Å². The van der Waals surface area contributed by atoms with Crippen LogP contribution in [0.3, 0.4) is 0 Å². The minimum absolute atomic E-state index is 0.0883. The van der Waals surface area contributed by atoms with E-state index in [-0.39, 0.29) is 24.8 Å². The van der Waals surface area contributed by atoms with Crippen molar-refractivity contribution in [2.45, 2.75) is 57.9 Å². The number of piperidine rings is 1. The minimum atomic E-state index is -0.567. The average Bonchev–Trinajstić information content (AvgIpc) is 2.81. The maximum Gasteiger partial charge on any atom is 0.410 e. The number of likely N-dealkylation sites (tertiary alicyclic amines) is 2. The largest absolute Gasteiger partial charge is 0.445 e. The second kappa shape index (κ2) is 13.3. The van der Waals surface area contributed by atoms with Gasteiger partial charge in [0.05, 0.1) is 19.3 Å². The summed E-state index contributed by atoms with van der Waals surface area (Å²) in [6.45, 7) is 10.3. The molecule has 2 fully saturated rings. The van der Waals surface area contributed by atoms with E-state index in [1.165, 1.54) is 0 Å². The molecule has 2 aliphatic heterocycles. The van der Waals surface area contributed by atoms with Gasteiger partial charge in [0, 0.05) is 37.1 Å². The number of amides is 2. The molecule has 0 atom stereocenters. The van der Waals surface area contributed by atoms with Crippen molar-refractivity contribution in [2.24, 2.45) is 5.11 Å². The molecule has 0 unspecified atom stereocenters. The molecule has 2 aliphatic rings. The minimum Gasteiger partial charge on any atom is -0.445 e. The maximum atomic E-state index is 12.9. The van der Waals surface area contributed by atoms with Gasteiger partial charge < -0.3 is 24.0 Å². The summed E-state index contributed by atoms with van der Waals surface area (Å²) in [6.07, 6.45) is 0.926. The third kappa shape index (κ3) is 8.89. The first-order chi connectivity index (χ1) is 17.2. The first-order valence-electron chi connectivity index (χ1n) is 12.5. The molecule has 0 bridgehead atoms. The van der Waals surface area contributed by atoms with Crippen molar-refractivity contribution >= 4 is 12.2 Å². The predicted octanol–water partition coefficient (Wildman–Crippen LogP) is 4.04. The molecule has 198 valence electrons. The van der Waals surface area contributed by atoms with E-state index in [0.717, 1.165) is 38.0 Å². The summed E-state index contributed by atoms with van der Waals surface area (Å²) in [6, 6.07) is 9.47. The molecular weight excluding hydrogens is 464 g/mol. The number of ether oxygens (including phenoxy) is 3. The first-order valence-corrected chi connectivity index (χ1v) is 12.5. The predicted molar refractivity (Wildman–Crippen MR) is 134 cm³/mol. The van der Waals surface area contributed by atoms with Crippen molar-refractivity contribution in [1.82, 2.24) is 14.7 Å². The van der Waals surface area contributed by atoms with E-state index < -0.39 is 11.7 Å². The molecular formula is C25H38N6O5. The maximum absolute atomic E-state index is 12.9. The molecule has 0 radical (unpaired) electrons. The molecule has 2 amide bonds. The van der Waals surface area contributed by atoms with E-state index in [4.69, 9.17) is 19.7 Å². The molecule has 0 aliphatic carbocycles. The Bertz CT molecular complexity index is 888. The van der Waals surface area contributed by atoms with Crippen molar-refractivity contribution < 1.29 is 23.8 Å². The van der Waals surface area contributed by atoms with Crippen LogP contribution in [0.4, 0.5) is 9.59 Å². The zero-order valence-electron chi connectivity index (χ0n) is 21.5. The van der Waals surface area contributed by atoms with Crippen LogP contribution in [0, 0.1) is 0 Å². The van der Waals surface area contributed by atoms with Crippen LogP contribution in [0.15, 0.2) is 35.4 Å². The van der Waals surface area contributed by atoms with Gasteiger partial charge in [0.1, 0.15) is 12.2 Å². The fraction of sp³-hybridized carbons (Fsp3) is 0.680. The van der Waals surface area contributed by atoms with Crippen LogP contribution in [-0.2, 0) is 20.8 Å². The van der Waals surface area contributed by atoms with Crippen LogP contribution in [0.2, 0.25) is 0 Å². The van der Waals surface area contributed by atoms with Gasteiger partial charge in [-0.15, -0.1) is 0 Å². The number of azide groups is 1. The topological polar surface area (TPSA) is 120 Å². The summed E-state index contributed by atoms with van der Waals surface area (Å²) in [4.78, 5) is 33.7. The Balaban J connectivity index is 1.44. The molecule has 2 heterocycles. The van der Waals surface area contributed by atoms with Gasteiger partial charge in [-0.2, -0.15) is 0 Å². The monoisotopic (exact) mass is 502 g/mol. The summed E-state index contributed by atoms with van der Waals surface area (Å²) in [5.41, 5.74) is 8.92. The molecule has 1 aromatic rings. The molecule has 11 heteroatoms. The fourth-order valence-electron chi connectivity index (χ4n) is 4.14. The lowest BCUT2D eigenvalue weighted by atomic mass is 10.1. The Hall–Kier alpha value is -3.01. The smallest absolute Gasteiger partial charge is 0.410 e. The van der Waals surface area contributed by atoms with E-state index in [2.05, 4.69) is 14.9 Å². The Morgan fingerprint density at radius 1 is 1.14 bits per heavy atom. The number of carbonyl (C=O) groups excluding carboxylic acids is 2. The van der Waals surface area contributed by atoms with E-state index >= 15 is 0 Å². The van der Waals surface area contributed by atoms with E-state index in [1.807, 2.05) is 51.1 Å². The molecule has 0 saturated carbocycles. The normalized spacial score (nSPS) is 17.1. The third-order valence-electron chi connectivity index (χ3n) is 6.19. The lowest BCUT2D eigenvalue weighted by molar-refractivity contribution is -0.0221. The summed E-state index contributed by atoms with van der Waals surface area (Å²) in [7, 11) is 0. The Morgan fingerprint density at radius 2 is 1.83 bits per heavy atom. The van der Waals surface area contributed by atoms with Gasteiger partial charge >= 0.3 is 12.2 Å². The van der Waals surface area contributed by atoms with Crippen molar-refractivity contribution in [1.29, 1.82) is 0 Å². The summed E-state index contributed by atoms with van der Waals surface area (Å²) >= 11 is 0. The molecule has 3 rings (SSSR count). The summed E-state index contributed by atoms with van der Waals surface area (Å²) in [5.74, 6) is 0.